The second-order valence-electron chi connectivity index (χ2n) is 5.17. The molecular formula is C15H20N4. The number of hydrogen-bond acceptors (Lipinski definition) is 3. The molecule has 0 spiro atoms. The van der Waals surface area contributed by atoms with E-state index in [1.807, 2.05) is 18.5 Å². The van der Waals surface area contributed by atoms with Gasteiger partial charge in [0.2, 0.25) is 0 Å². The fourth-order valence-corrected chi connectivity index (χ4v) is 2.72. The lowest BCUT2D eigenvalue weighted by Gasteiger charge is -2.16. The minimum absolute atomic E-state index is 0.653. The van der Waals surface area contributed by atoms with E-state index < -0.39 is 0 Å². The lowest BCUT2D eigenvalue weighted by Crippen LogP contribution is -2.24. The van der Waals surface area contributed by atoms with E-state index in [-0.39, 0.29) is 0 Å². The van der Waals surface area contributed by atoms with Crippen molar-refractivity contribution in [3.8, 4) is 5.69 Å². The standard InChI is InChI=1S/C15H20N4/c16-10-13-6-8-18(11-13)12-15-17-7-9-19(15)14-4-2-1-3-5-14/h1-5,7,9,13H,6,8,10-12,16H2. The molecule has 1 aliphatic heterocycles. The van der Waals surface area contributed by atoms with Gasteiger partial charge in [-0.2, -0.15) is 0 Å². The van der Waals surface area contributed by atoms with Gasteiger partial charge in [-0.3, -0.25) is 4.90 Å². The number of nitrogens with two attached hydrogens (primary N) is 1. The van der Waals surface area contributed by atoms with Crippen LogP contribution in [0.2, 0.25) is 0 Å². The van der Waals surface area contributed by atoms with Gasteiger partial charge in [0.1, 0.15) is 5.82 Å². The van der Waals surface area contributed by atoms with Crippen LogP contribution >= 0.6 is 0 Å². The first-order valence-electron chi connectivity index (χ1n) is 6.87. The van der Waals surface area contributed by atoms with Crippen LogP contribution in [-0.2, 0) is 6.54 Å². The first kappa shape index (κ1) is 12.4. The highest BCUT2D eigenvalue weighted by Gasteiger charge is 2.22. The summed E-state index contributed by atoms with van der Waals surface area (Å²) in [7, 11) is 0. The summed E-state index contributed by atoms with van der Waals surface area (Å²) in [6, 6.07) is 10.4. The smallest absolute Gasteiger partial charge is 0.127 e. The molecule has 1 atom stereocenters. The Bertz CT molecular complexity index is 520. The number of benzene rings is 1. The minimum atomic E-state index is 0.653. The lowest BCUT2D eigenvalue weighted by molar-refractivity contribution is 0.308. The Kier molecular flexibility index (Phi) is 3.62. The van der Waals surface area contributed by atoms with Gasteiger partial charge in [0.25, 0.3) is 0 Å². The van der Waals surface area contributed by atoms with Crippen molar-refractivity contribution in [2.24, 2.45) is 11.7 Å². The molecule has 4 heteroatoms. The van der Waals surface area contributed by atoms with Gasteiger partial charge in [-0.05, 0) is 37.6 Å². The summed E-state index contributed by atoms with van der Waals surface area (Å²) in [6.07, 6.45) is 5.11. The highest BCUT2D eigenvalue weighted by atomic mass is 15.2. The molecule has 1 saturated heterocycles. The molecule has 1 unspecified atom stereocenters. The second kappa shape index (κ2) is 5.55. The van der Waals surface area contributed by atoms with Crippen molar-refractivity contribution in [2.45, 2.75) is 13.0 Å². The third-order valence-electron chi connectivity index (χ3n) is 3.82. The largest absolute Gasteiger partial charge is 0.330 e. The summed E-state index contributed by atoms with van der Waals surface area (Å²) in [5.74, 6) is 1.75. The summed E-state index contributed by atoms with van der Waals surface area (Å²) < 4.78 is 2.16. The van der Waals surface area contributed by atoms with Crippen molar-refractivity contribution in [3.05, 3.63) is 48.5 Å². The van der Waals surface area contributed by atoms with Crippen LogP contribution in [-0.4, -0.2) is 34.1 Å². The molecule has 0 saturated carbocycles. The minimum Gasteiger partial charge on any atom is -0.330 e. The Morgan fingerprint density at radius 3 is 2.84 bits per heavy atom. The van der Waals surface area contributed by atoms with E-state index in [0.29, 0.717) is 5.92 Å². The Balaban J connectivity index is 1.75. The summed E-state index contributed by atoms with van der Waals surface area (Å²) in [5, 5.41) is 0. The van der Waals surface area contributed by atoms with Crippen LogP contribution in [0.25, 0.3) is 5.69 Å². The molecule has 0 amide bonds. The van der Waals surface area contributed by atoms with Crippen molar-refractivity contribution in [1.82, 2.24) is 14.5 Å². The molecule has 0 radical (unpaired) electrons. The molecule has 1 fully saturated rings. The van der Waals surface area contributed by atoms with Crippen LogP contribution in [0.15, 0.2) is 42.7 Å². The molecule has 100 valence electrons. The van der Waals surface area contributed by atoms with E-state index in [1.165, 1.54) is 12.1 Å². The van der Waals surface area contributed by atoms with Crippen molar-refractivity contribution in [3.63, 3.8) is 0 Å². The molecule has 0 aliphatic carbocycles. The average Bonchev–Trinajstić information content (AvgIpc) is 3.09. The molecule has 1 aliphatic rings. The Hall–Kier alpha value is -1.65. The van der Waals surface area contributed by atoms with E-state index in [2.05, 4.69) is 38.7 Å². The van der Waals surface area contributed by atoms with Gasteiger partial charge >= 0.3 is 0 Å². The molecule has 1 aromatic heterocycles. The molecule has 0 bridgehead atoms. The first-order valence-corrected chi connectivity index (χ1v) is 6.87. The van der Waals surface area contributed by atoms with Gasteiger partial charge in [-0.1, -0.05) is 18.2 Å². The third kappa shape index (κ3) is 2.69. The summed E-state index contributed by atoms with van der Waals surface area (Å²) in [5.41, 5.74) is 6.91. The lowest BCUT2D eigenvalue weighted by atomic mass is 10.1. The number of nitrogens with zero attached hydrogens (tertiary/aromatic N) is 3. The van der Waals surface area contributed by atoms with Crippen molar-refractivity contribution in [2.75, 3.05) is 19.6 Å². The van der Waals surface area contributed by atoms with Crippen LogP contribution < -0.4 is 5.73 Å². The van der Waals surface area contributed by atoms with E-state index in [1.54, 1.807) is 0 Å². The predicted octanol–water partition coefficient (Wildman–Crippen LogP) is 1.65. The maximum atomic E-state index is 5.74. The summed E-state index contributed by atoms with van der Waals surface area (Å²) >= 11 is 0. The number of para-hydroxylation sites is 1. The van der Waals surface area contributed by atoms with Crippen LogP contribution in [0.3, 0.4) is 0 Å². The number of likely N-dealkylation sites (tertiary alicyclic amines) is 1. The second-order valence-corrected chi connectivity index (χ2v) is 5.17. The Morgan fingerprint density at radius 1 is 1.26 bits per heavy atom. The molecule has 2 aromatic rings. The van der Waals surface area contributed by atoms with Crippen molar-refractivity contribution in [1.29, 1.82) is 0 Å². The van der Waals surface area contributed by atoms with Crippen LogP contribution in [0, 0.1) is 5.92 Å². The van der Waals surface area contributed by atoms with Crippen LogP contribution in [0.5, 0.6) is 0 Å². The number of aromatic nitrogens is 2. The number of imidazole rings is 1. The molecular weight excluding hydrogens is 236 g/mol. The van der Waals surface area contributed by atoms with Gasteiger partial charge in [0, 0.05) is 24.6 Å². The average molecular weight is 256 g/mol. The molecule has 19 heavy (non-hydrogen) atoms. The SMILES string of the molecule is NCC1CCN(Cc2nccn2-c2ccccc2)C1. The third-order valence-corrected chi connectivity index (χ3v) is 3.82. The summed E-state index contributed by atoms with van der Waals surface area (Å²) in [6.45, 7) is 3.92. The maximum absolute atomic E-state index is 5.74. The van der Waals surface area contributed by atoms with Crippen LogP contribution in [0.1, 0.15) is 12.2 Å². The molecule has 4 nitrogen and oxygen atoms in total. The van der Waals surface area contributed by atoms with Crippen LogP contribution in [0.4, 0.5) is 0 Å². The van der Waals surface area contributed by atoms with Gasteiger partial charge in [0.15, 0.2) is 0 Å². The highest BCUT2D eigenvalue weighted by Crippen LogP contribution is 2.18. The quantitative estimate of drug-likeness (QED) is 0.905. The van der Waals surface area contributed by atoms with Crippen molar-refractivity contribution < 1.29 is 0 Å². The zero-order chi connectivity index (χ0) is 13.1. The zero-order valence-corrected chi connectivity index (χ0v) is 11.1. The van der Waals surface area contributed by atoms with E-state index in [0.717, 1.165) is 32.0 Å². The van der Waals surface area contributed by atoms with E-state index >= 15 is 0 Å². The molecule has 2 N–H and O–H groups in total. The van der Waals surface area contributed by atoms with Gasteiger partial charge in [-0.25, -0.2) is 4.98 Å². The summed E-state index contributed by atoms with van der Waals surface area (Å²) in [4.78, 5) is 6.94. The Labute approximate surface area is 113 Å². The molecule has 3 rings (SSSR count). The zero-order valence-electron chi connectivity index (χ0n) is 11.1. The fourth-order valence-electron chi connectivity index (χ4n) is 2.72. The monoisotopic (exact) mass is 256 g/mol. The fraction of sp³-hybridized carbons (Fsp3) is 0.400. The highest BCUT2D eigenvalue weighted by molar-refractivity contribution is 5.32. The maximum Gasteiger partial charge on any atom is 0.127 e. The topological polar surface area (TPSA) is 47.1 Å². The molecule has 2 heterocycles. The normalized spacial score (nSPS) is 19.9. The number of hydrogen-bond donors (Lipinski definition) is 1. The van der Waals surface area contributed by atoms with E-state index in [9.17, 15) is 0 Å². The van der Waals surface area contributed by atoms with Crippen molar-refractivity contribution >= 4 is 0 Å². The van der Waals surface area contributed by atoms with Gasteiger partial charge in [-0.15, -0.1) is 0 Å². The first-order chi connectivity index (χ1) is 9.36. The predicted molar refractivity (Wildman–Crippen MR) is 76.0 cm³/mol. The van der Waals surface area contributed by atoms with Gasteiger partial charge in [0.05, 0.1) is 6.54 Å². The van der Waals surface area contributed by atoms with Gasteiger partial charge < -0.3 is 10.3 Å². The number of rotatable bonds is 4. The van der Waals surface area contributed by atoms with E-state index in [4.69, 9.17) is 5.73 Å². The Morgan fingerprint density at radius 2 is 2.11 bits per heavy atom. The molecule has 1 aromatic carbocycles.